The smallest absolute Gasteiger partial charge is 0.254 e. The van der Waals surface area contributed by atoms with Gasteiger partial charge in [0.15, 0.2) is 11.5 Å². The van der Waals surface area contributed by atoms with Crippen LogP contribution in [0.1, 0.15) is 73.6 Å². The van der Waals surface area contributed by atoms with Gasteiger partial charge in [0.1, 0.15) is 5.82 Å². The molecule has 274 valence electrons. The number of nitrogens with one attached hydrogen (secondary N) is 2. The largest absolute Gasteiger partial charge is 0.448 e. The predicted molar refractivity (Wildman–Crippen MR) is 199 cm³/mol. The summed E-state index contributed by atoms with van der Waals surface area (Å²) in [6.07, 6.45) is 8.50. The lowest BCUT2D eigenvalue weighted by atomic mass is 9.80. The number of thioether (sulfide) groups is 1. The third kappa shape index (κ3) is 7.12. The number of rotatable bonds is 9. The molecule has 4 aliphatic rings. The van der Waals surface area contributed by atoms with Crippen LogP contribution in [0, 0.1) is 19.8 Å². The van der Waals surface area contributed by atoms with Crippen LogP contribution in [0.25, 0.3) is 11.1 Å². The van der Waals surface area contributed by atoms with Gasteiger partial charge in [0.25, 0.3) is 17.3 Å². The lowest BCUT2D eigenvalue weighted by Crippen LogP contribution is -2.57. The Morgan fingerprint density at radius 1 is 1.06 bits per heavy atom. The maximum atomic E-state index is 14.0. The van der Waals surface area contributed by atoms with Crippen molar-refractivity contribution in [2.45, 2.75) is 102 Å². The molecule has 12 heteroatoms. The molecule has 1 aliphatic carbocycles. The van der Waals surface area contributed by atoms with E-state index < -0.39 is 5.79 Å². The van der Waals surface area contributed by atoms with Gasteiger partial charge in [-0.15, -0.1) is 11.8 Å². The summed E-state index contributed by atoms with van der Waals surface area (Å²) >= 11 is 1.49. The van der Waals surface area contributed by atoms with E-state index in [-0.39, 0.29) is 36.1 Å². The predicted octanol–water partition coefficient (Wildman–Crippen LogP) is 5.70. The molecule has 0 bridgehead atoms. The van der Waals surface area contributed by atoms with E-state index in [0.29, 0.717) is 40.3 Å². The van der Waals surface area contributed by atoms with Crippen LogP contribution >= 0.6 is 11.8 Å². The summed E-state index contributed by atoms with van der Waals surface area (Å²) < 4.78 is 25.2. The molecule has 1 saturated carbocycles. The van der Waals surface area contributed by atoms with E-state index in [1.165, 1.54) is 11.8 Å². The van der Waals surface area contributed by atoms with Gasteiger partial charge >= 0.3 is 0 Å². The van der Waals surface area contributed by atoms with Gasteiger partial charge in [-0.05, 0) is 83.9 Å². The van der Waals surface area contributed by atoms with E-state index >= 15 is 0 Å². The van der Waals surface area contributed by atoms with Gasteiger partial charge in [0.05, 0.1) is 18.3 Å². The number of morpholine rings is 1. The van der Waals surface area contributed by atoms with Crippen molar-refractivity contribution in [2.75, 3.05) is 44.4 Å². The van der Waals surface area contributed by atoms with Crippen LogP contribution in [-0.4, -0.2) is 90.5 Å². The number of aryl methyl sites for hydroxylation is 1. The number of carbonyl (C=O) groups is 1. The minimum atomic E-state index is -0.873. The van der Waals surface area contributed by atoms with Crippen LogP contribution < -0.4 is 25.2 Å². The lowest BCUT2D eigenvalue weighted by molar-refractivity contribution is -0.130. The molecule has 3 aromatic rings. The van der Waals surface area contributed by atoms with Crippen LogP contribution in [0.2, 0.25) is 0 Å². The van der Waals surface area contributed by atoms with Crippen molar-refractivity contribution in [2.24, 2.45) is 5.92 Å². The van der Waals surface area contributed by atoms with E-state index in [1.807, 2.05) is 57.5 Å². The standard InChI is InChI=1S/C39H51N5O6S/c1-22-14-33(51-7)32(38(46)42-22)17-41-37(45)30-15-31(26-8-13-34(40-16-26)44-18-23(2)48-24(3)19-44)36-35(25(30)4)49-39(5,50-36)27-9-11-28(12-10-27)43-20-29(21-43)47-6/h8,13-16,23-24,27-29H,9-12,17-21H2,1-7H3,(H,41,45)(H,42,46)/t23-,24+,27-,28-,39?. The summed E-state index contributed by atoms with van der Waals surface area (Å²) in [6.45, 7) is 13.6. The molecule has 3 aliphatic heterocycles. The van der Waals surface area contributed by atoms with Crippen molar-refractivity contribution in [1.29, 1.82) is 0 Å². The number of benzene rings is 1. The first kappa shape index (κ1) is 35.8. The molecule has 2 aromatic heterocycles. The van der Waals surface area contributed by atoms with E-state index in [2.05, 4.69) is 33.9 Å². The Morgan fingerprint density at radius 3 is 2.41 bits per heavy atom. The monoisotopic (exact) mass is 717 g/mol. The minimum Gasteiger partial charge on any atom is -0.448 e. The zero-order valence-electron chi connectivity index (χ0n) is 30.8. The Bertz CT molecular complexity index is 1810. The molecule has 3 fully saturated rings. The average molecular weight is 718 g/mol. The van der Waals surface area contributed by atoms with Crippen molar-refractivity contribution < 1.29 is 23.7 Å². The topological polar surface area (TPSA) is 118 Å². The SMILES string of the molecule is COC1CN([C@H]2CC[C@H](C3(C)Oc4c(-c5ccc(N6C[C@@H](C)O[C@@H](C)C6)nc5)cc(C(=O)NCc5c(SC)cc(C)[nH]c5=O)c(C)c4O3)CC2)C1. The number of nitrogens with zero attached hydrogens (tertiary/aromatic N) is 3. The first-order valence-corrected chi connectivity index (χ1v) is 19.4. The van der Waals surface area contributed by atoms with Crippen LogP contribution in [0.4, 0.5) is 5.82 Å². The Hall–Kier alpha value is -3.58. The molecular formula is C39H51N5O6S. The van der Waals surface area contributed by atoms with E-state index in [4.69, 9.17) is 23.9 Å². The maximum absolute atomic E-state index is 14.0. The number of aromatic amines is 1. The fourth-order valence-electron chi connectivity index (χ4n) is 8.28. The minimum absolute atomic E-state index is 0.101. The number of pyridine rings is 2. The Kier molecular flexibility index (Phi) is 10.1. The van der Waals surface area contributed by atoms with E-state index in [0.717, 1.165) is 79.4 Å². The second kappa shape index (κ2) is 14.4. The first-order chi connectivity index (χ1) is 24.5. The molecule has 51 heavy (non-hydrogen) atoms. The van der Waals surface area contributed by atoms with Crippen molar-refractivity contribution >= 4 is 23.5 Å². The molecule has 0 radical (unpaired) electrons. The summed E-state index contributed by atoms with van der Waals surface area (Å²) in [7, 11) is 1.79. The Balaban J connectivity index is 1.17. The second-order valence-corrected chi connectivity index (χ2v) is 15.7. The van der Waals surface area contributed by atoms with Crippen LogP contribution in [0.5, 0.6) is 11.5 Å². The Labute approximate surface area is 304 Å². The van der Waals surface area contributed by atoms with Gasteiger partial charge < -0.3 is 34.1 Å². The fourth-order valence-corrected chi connectivity index (χ4v) is 8.99. The molecule has 0 spiro atoms. The normalized spacial score (nSPS) is 26.6. The van der Waals surface area contributed by atoms with Gasteiger partial charge in [-0.2, -0.15) is 0 Å². The molecule has 11 nitrogen and oxygen atoms in total. The van der Waals surface area contributed by atoms with E-state index in [1.54, 1.807) is 7.11 Å². The van der Waals surface area contributed by atoms with Gasteiger partial charge in [-0.25, -0.2) is 4.98 Å². The summed E-state index contributed by atoms with van der Waals surface area (Å²) in [6, 6.07) is 8.44. The zero-order chi connectivity index (χ0) is 36.0. The third-order valence-corrected chi connectivity index (χ3v) is 12.0. The summed E-state index contributed by atoms with van der Waals surface area (Å²) in [4.78, 5) is 40.2. The summed E-state index contributed by atoms with van der Waals surface area (Å²) in [5.74, 6) is 1.14. The zero-order valence-corrected chi connectivity index (χ0v) is 31.7. The number of aromatic nitrogens is 2. The lowest BCUT2D eigenvalue weighted by Gasteiger charge is -2.47. The molecular weight excluding hydrogens is 667 g/mol. The highest BCUT2D eigenvalue weighted by Gasteiger charge is 2.48. The number of hydrogen-bond acceptors (Lipinski definition) is 10. The number of H-pyrrole nitrogens is 1. The first-order valence-electron chi connectivity index (χ1n) is 18.2. The molecule has 5 heterocycles. The molecule has 2 N–H and O–H groups in total. The third-order valence-electron chi connectivity index (χ3n) is 11.2. The van der Waals surface area contributed by atoms with Crippen LogP contribution in [-0.2, 0) is 16.0 Å². The van der Waals surface area contributed by atoms with Crippen LogP contribution in [0.15, 0.2) is 40.2 Å². The van der Waals surface area contributed by atoms with Crippen molar-refractivity contribution in [3.63, 3.8) is 0 Å². The van der Waals surface area contributed by atoms with Crippen molar-refractivity contribution in [1.82, 2.24) is 20.2 Å². The van der Waals surface area contributed by atoms with Gasteiger partial charge in [0.2, 0.25) is 0 Å². The van der Waals surface area contributed by atoms with E-state index in [9.17, 15) is 9.59 Å². The van der Waals surface area contributed by atoms with Gasteiger partial charge in [-0.3, -0.25) is 14.5 Å². The number of amides is 1. The number of likely N-dealkylation sites (tertiary alicyclic amines) is 1. The molecule has 2 saturated heterocycles. The molecule has 1 unspecified atom stereocenters. The van der Waals surface area contributed by atoms with Gasteiger partial charge in [-0.1, -0.05) is 0 Å². The highest BCUT2D eigenvalue weighted by Crippen LogP contribution is 2.53. The highest BCUT2D eigenvalue weighted by molar-refractivity contribution is 7.98. The van der Waals surface area contributed by atoms with Gasteiger partial charge in [0, 0.05) is 103 Å². The number of methoxy groups -OCH3 is 1. The quantitative estimate of drug-likeness (QED) is 0.267. The fraction of sp³-hybridized carbons (Fsp3) is 0.564. The number of carbonyl (C=O) groups excluding carboxylic acids is 1. The van der Waals surface area contributed by atoms with Crippen LogP contribution in [0.3, 0.4) is 0 Å². The summed E-state index contributed by atoms with van der Waals surface area (Å²) in [5.41, 5.74) is 3.88. The average Bonchev–Trinajstić information content (AvgIpc) is 3.46. The maximum Gasteiger partial charge on any atom is 0.254 e. The number of fused-ring (bicyclic) bond motifs is 1. The molecule has 7 rings (SSSR count). The molecule has 1 aromatic carbocycles. The number of ether oxygens (including phenoxy) is 4. The van der Waals surface area contributed by atoms with Crippen molar-refractivity contribution in [3.05, 3.63) is 63.2 Å². The summed E-state index contributed by atoms with van der Waals surface area (Å²) in [5, 5.41) is 3.02. The van der Waals surface area contributed by atoms with Crippen molar-refractivity contribution in [3.8, 4) is 22.6 Å². The molecule has 1 amide bonds. The molecule has 3 atom stereocenters. The highest BCUT2D eigenvalue weighted by atomic mass is 32.2. The second-order valence-electron chi connectivity index (χ2n) is 14.9. The number of hydrogen-bond donors (Lipinski definition) is 2. The Morgan fingerprint density at radius 2 is 1.76 bits per heavy atom. The number of anilines is 1.